The zero-order chi connectivity index (χ0) is 8.69. The second kappa shape index (κ2) is 7.24. The lowest BCUT2D eigenvalue weighted by atomic mass is 10.4. The van der Waals surface area contributed by atoms with E-state index >= 15 is 0 Å². The summed E-state index contributed by atoms with van der Waals surface area (Å²) in [6, 6.07) is 0. The zero-order valence-corrected chi connectivity index (χ0v) is 8.48. The zero-order valence-electron chi connectivity index (χ0n) is 6.69. The molecule has 0 spiro atoms. The van der Waals surface area contributed by atoms with Crippen LogP contribution in [-0.2, 0) is 13.1 Å². The standard InChI is InChI=1S/C6H14O3S2/c1-5(4-8-10)7-3-6(2)9-11/h5-6,10-11H,3-4H2,1-2H3. The van der Waals surface area contributed by atoms with E-state index in [1.165, 1.54) is 0 Å². The highest BCUT2D eigenvalue weighted by atomic mass is 32.1. The van der Waals surface area contributed by atoms with E-state index in [4.69, 9.17) is 4.74 Å². The Morgan fingerprint density at radius 3 is 2.18 bits per heavy atom. The molecule has 5 heteroatoms. The fraction of sp³-hybridized carbons (Fsp3) is 1.00. The Bertz CT molecular complexity index is 91.9. The molecule has 0 saturated heterocycles. The van der Waals surface area contributed by atoms with Crippen molar-refractivity contribution in [2.24, 2.45) is 0 Å². The molecule has 0 heterocycles. The SMILES string of the molecule is CC(COC(C)COS)OS. The molecule has 0 amide bonds. The van der Waals surface area contributed by atoms with Gasteiger partial charge in [0.2, 0.25) is 0 Å². The van der Waals surface area contributed by atoms with Gasteiger partial charge < -0.3 is 13.1 Å². The summed E-state index contributed by atoms with van der Waals surface area (Å²) in [6.45, 7) is 4.77. The van der Waals surface area contributed by atoms with Crippen molar-refractivity contribution in [3.63, 3.8) is 0 Å². The van der Waals surface area contributed by atoms with Crippen LogP contribution in [-0.4, -0.2) is 25.4 Å². The fourth-order valence-corrected chi connectivity index (χ4v) is 0.754. The summed E-state index contributed by atoms with van der Waals surface area (Å²) < 4.78 is 14.6. The van der Waals surface area contributed by atoms with Gasteiger partial charge in [-0.2, -0.15) is 0 Å². The maximum atomic E-state index is 5.29. The third-order valence-corrected chi connectivity index (χ3v) is 1.61. The average Bonchev–Trinajstić information content (AvgIpc) is 2.01. The topological polar surface area (TPSA) is 27.7 Å². The summed E-state index contributed by atoms with van der Waals surface area (Å²) in [7, 11) is 0. The first kappa shape index (κ1) is 11.6. The molecule has 0 radical (unpaired) electrons. The molecular formula is C6H14O3S2. The van der Waals surface area contributed by atoms with Crippen molar-refractivity contribution in [3.05, 3.63) is 0 Å². The van der Waals surface area contributed by atoms with Crippen molar-refractivity contribution in [3.8, 4) is 0 Å². The summed E-state index contributed by atoms with van der Waals surface area (Å²) in [5.41, 5.74) is 0. The van der Waals surface area contributed by atoms with E-state index in [0.717, 1.165) is 0 Å². The van der Waals surface area contributed by atoms with E-state index in [9.17, 15) is 0 Å². The fourth-order valence-electron chi connectivity index (χ4n) is 0.483. The monoisotopic (exact) mass is 198 g/mol. The van der Waals surface area contributed by atoms with Gasteiger partial charge in [-0.15, -0.1) is 0 Å². The lowest BCUT2D eigenvalue weighted by Crippen LogP contribution is -2.20. The van der Waals surface area contributed by atoms with Crippen molar-refractivity contribution in [1.82, 2.24) is 0 Å². The molecular weight excluding hydrogens is 184 g/mol. The third kappa shape index (κ3) is 6.96. The molecule has 0 rings (SSSR count). The first-order valence-electron chi connectivity index (χ1n) is 3.39. The molecule has 2 unspecified atom stereocenters. The highest BCUT2D eigenvalue weighted by molar-refractivity contribution is 7.75. The normalized spacial score (nSPS) is 16.4. The van der Waals surface area contributed by atoms with Gasteiger partial charge in [0.1, 0.15) is 0 Å². The third-order valence-electron chi connectivity index (χ3n) is 1.10. The van der Waals surface area contributed by atoms with Crippen LogP contribution in [0.3, 0.4) is 0 Å². The molecule has 0 fully saturated rings. The first-order chi connectivity index (χ1) is 5.20. The summed E-state index contributed by atoms with van der Waals surface area (Å²) in [6.07, 6.45) is 0.0409. The van der Waals surface area contributed by atoms with Crippen LogP contribution in [0.2, 0.25) is 0 Å². The summed E-state index contributed by atoms with van der Waals surface area (Å²) in [5.74, 6) is 0. The summed E-state index contributed by atoms with van der Waals surface area (Å²) >= 11 is 7.24. The lowest BCUT2D eigenvalue weighted by molar-refractivity contribution is 0.00303. The minimum atomic E-state index is 0.000649. The van der Waals surface area contributed by atoms with Gasteiger partial charge in [-0.25, -0.2) is 0 Å². The summed E-state index contributed by atoms with van der Waals surface area (Å²) in [5, 5.41) is 0. The lowest BCUT2D eigenvalue weighted by Gasteiger charge is -2.13. The Balaban J connectivity index is 3.22. The van der Waals surface area contributed by atoms with Crippen LogP contribution in [0.5, 0.6) is 0 Å². The highest BCUT2D eigenvalue weighted by Crippen LogP contribution is 1.99. The predicted molar refractivity (Wildman–Crippen MR) is 49.9 cm³/mol. The Labute approximate surface area is 78.6 Å². The van der Waals surface area contributed by atoms with Gasteiger partial charge in [-0.05, 0) is 39.7 Å². The van der Waals surface area contributed by atoms with Gasteiger partial charge in [-0.1, -0.05) is 0 Å². The molecule has 68 valence electrons. The van der Waals surface area contributed by atoms with Crippen molar-refractivity contribution in [1.29, 1.82) is 0 Å². The van der Waals surface area contributed by atoms with Crippen LogP contribution >= 0.6 is 25.8 Å². The van der Waals surface area contributed by atoms with Crippen LogP contribution < -0.4 is 0 Å². The number of thiol groups is 2. The molecule has 0 aromatic carbocycles. The van der Waals surface area contributed by atoms with Crippen molar-refractivity contribution < 1.29 is 13.1 Å². The number of hydrogen-bond acceptors (Lipinski definition) is 5. The minimum absolute atomic E-state index is 0.000649. The average molecular weight is 198 g/mol. The van der Waals surface area contributed by atoms with Crippen molar-refractivity contribution in [2.45, 2.75) is 26.1 Å². The smallest absolute Gasteiger partial charge is 0.0924 e. The number of ether oxygens (including phenoxy) is 1. The van der Waals surface area contributed by atoms with E-state index in [1.807, 2.05) is 13.8 Å². The van der Waals surface area contributed by atoms with E-state index in [2.05, 4.69) is 34.2 Å². The van der Waals surface area contributed by atoms with E-state index < -0.39 is 0 Å². The van der Waals surface area contributed by atoms with Gasteiger partial charge in [0.25, 0.3) is 0 Å². The van der Waals surface area contributed by atoms with Gasteiger partial charge in [-0.3, -0.25) is 0 Å². The van der Waals surface area contributed by atoms with Crippen molar-refractivity contribution >= 4 is 25.8 Å². The highest BCUT2D eigenvalue weighted by Gasteiger charge is 2.05. The molecule has 0 aromatic heterocycles. The Hall–Kier alpha value is 0.580. The molecule has 0 bridgehead atoms. The minimum Gasteiger partial charge on any atom is -0.373 e. The predicted octanol–water partition coefficient (Wildman–Crippen LogP) is 1.50. The molecule has 0 N–H and O–H groups in total. The van der Waals surface area contributed by atoms with Crippen molar-refractivity contribution in [2.75, 3.05) is 13.2 Å². The molecule has 0 aliphatic rings. The molecule has 0 aromatic rings. The van der Waals surface area contributed by atoms with Gasteiger partial charge in [0.05, 0.1) is 25.4 Å². The van der Waals surface area contributed by atoms with Crippen LogP contribution in [0.4, 0.5) is 0 Å². The quantitative estimate of drug-likeness (QED) is 0.500. The van der Waals surface area contributed by atoms with Crippen LogP contribution in [0, 0.1) is 0 Å². The second-order valence-corrected chi connectivity index (χ2v) is 2.82. The molecule has 0 aliphatic carbocycles. The Morgan fingerprint density at radius 2 is 1.73 bits per heavy atom. The Kier molecular flexibility index (Phi) is 7.62. The molecule has 11 heavy (non-hydrogen) atoms. The van der Waals surface area contributed by atoms with E-state index in [-0.39, 0.29) is 12.2 Å². The van der Waals surface area contributed by atoms with Gasteiger partial charge >= 0.3 is 0 Å². The number of rotatable bonds is 6. The first-order valence-corrected chi connectivity index (χ1v) is 4.12. The van der Waals surface area contributed by atoms with Gasteiger partial charge in [0, 0.05) is 0 Å². The maximum Gasteiger partial charge on any atom is 0.0924 e. The Morgan fingerprint density at radius 1 is 1.09 bits per heavy atom. The maximum absolute atomic E-state index is 5.29. The molecule has 0 aliphatic heterocycles. The van der Waals surface area contributed by atoms with Crippen LogP contribution in [0.15, 0.2) is 0 Å². The van der Waals surface area contributed by atoms with E-state index in [1.54, 1.807) is 0 Å². The van der Waals surface area contributed by atoms with Crippen LogP contribution in [0.25, 0.3) is 0 Å². The number of hydrogen-bond donors (Lipinski definition) is 2. The van der Waals surface area contributed by atoms with E-state index in [0.29, 0.717) is 13.2 Å². The molecule has 0 saturated carbocycles. The molecule has 3 nitrogen and oxygen atoms in total. The van der Waals surface area contributed by atoms with Gasteiger partial charge in [0.15, 0.2) is 0 Å². The second-order valence-electron chi connectivity index (χ2n) is 2.36. The van der Waals surface area contributed by atoms with Crippen LogP contribution in [0.1, 0.15) is 13.8 Å². The summed E-state index contributed by atoms with van der Waals surface area (Å²) in [4.78, 5) is 0. The largest absolute Gasteiger partial charge is 0.373 e. The molecule has 2 atom stereocenters.